The molecule has 3 nitrogen and oxygen atoms in total. The van der Waals surface area contributed by atoms with E-state index in [0.717, 1.165) is 5.56 Å². The molecular formula is C11H12NO2. The summed E-state index contributed by atoms with van der Waals surface area (Å²) in [5.74, 6) is -0.0543. The van der Waals surface area contributed by atoms with Gasteiger partial charge in [-0.05, 0) is 12.5 Å². The van der Waals surface area contributed by atoms with Crippen molar-refractivity contribution in [2.75, 3.05) is 6.61 Å². The van der Waals surface area contributed by atoms with Crippen LogP contribution >= 0.6 is 0 Å². The fourth-order valence-corrected chi connectivity index (χ4v) is 1.51. The third-order valence-corrected chi connectivity index (χ3v) is 2.32. The normalized spacial score (nSPS) is 18.6. The minimum atomic E-state index is -0.0543. The third-order valence-electron chi connectivity index (χ3n) is 2.32. The van der Waals surface area contributed by atoms with Gasteiger partial charge >= 0.3 is 0 Å². The first-order chi connectivity index (χ1) is 6.79. The van der Waals surface area contributed by atoms with Crippen molar-refractivity contribution >= 4 is 5.91 Å². The first-order valence-electron chi connectivity index (χ1n) is 4.63. The van der Waals surface area contributed by atoms with Gasteiger partial charge in [-0.1, -0.05) is 30.3 Å². The van der Waals surface area contributed by atoms with Crippen LogP contribution in [0.25, 0.3) is 0 Å². The van der Waals surface area contributed by atoms with Gasteiger partial charge in [0, 0.05) is 0 Å². The summed E-state index contributed by atoms with van der Waals surface area (Å²) in [5, 5.41) is 1.41. The maximum Gasteiger partial charge on any atom is 0.253 e. The standard InChI is InChI=1S/C11H12NO2/c1-9(10-5-3-2-4-6-10)12-11(13)7-8-14-12/h2-7,9H,8H2,1H3. The van der Waals surface area contributed by atoms with Crippen molar-refractivity contribution in [3.8, 4) is 0 Å². The van der Waals surface area contributed by atoms with E-state index >= 15 is 0 Å². The number of hydrogen-bond donors (Lipinski definition) is 0. The van der Waals surface area contributed by atoms with Gasteiger partial charge in [0.25, 0.3) is 5.91 Å². The van der Waals surface area contributed by atoms with Crippen molar-refractivity contribution in [3.63, 3.8) is 0 Å². The van der Waals surface area contributed by atoms with Crippen LogP contribution in [0, 0.1) is 6.42 Å². The Morgan fingerprint density at radius 2 is 2.07 bits per heavy atom. The number of hydrogen-bond acceptors (Lipinski definition) is 2. The number of carbonyl (C=O) groups excluding carboxylic acids is 1. The summed E-state index contributed by atoms with van der Waals surface area (Å²) in [6.45, 7) is 2.34. The van der Waals surface area contributed by atoms with E-state index in [2.05, 4.69) is 0 Å². The highest BCUT2D eigenvalue weighted by atomic mass is 16.7. The van der Waals surface area contributed by atoms with Gasteiger partial charge in [0.1, 0.15) is 0 Å². The van der Waals surface area contributed by atoms with Crippen molar-refractivity contribution < 1.29 is 9.63 Å². The van der Waals surface area contributed by atoms with Gasteiger partial charge in [0.05, 0.1) is 19.1 Å². The molecule has 0 aliphatic carbocycles. The number of amides is 1. The molecule has 2 rings (SSSR count). The molecule has 1 radical (unpaired) electrons. The molecule has 0 bridgehead atoms. The van der Waals surface area contributed by atoms with E-state index in [0.29, 0.717) is 6.61 Å². The molecule has 1 saturated heterocycles. The Balaban J connectivity index is 2.16. The number of benzene rings is 1. The van der Waals surface area contributed by atoms with Gasteiger partial charge in [-0.2, -0.15) is 0 Å². The number of hydroxylamine groups is 2. The predicted octanol–water partition coefficient (Wildman–Crippen LogP) is 1.73. The summed E-state index contributed by atoms with van der Waals surface area (Å²) in [5.41, 5.74) is 1.08. The summed E-state index contributed by atoms with van der Waals surface area (Å²) in [6.07, 6.45) is 1.54. The minimum Gasteiger partial charge on any atom is -0.272 e. The average Bonchev–Trinajstić information content (AvgIpc) is 2.65. The van der Waals surface area contributed by atoms with E-state index < -0.39 is 0 Å². The largest absolute Gasteiger partial charge is 0.272 e. The summed E-state index contributed by atoms with van der Waals surface area (Å²) >= 11 is 0. The SMILES string of the molecule is CC(c1ccccc1)N1OC[CH]C1=O. The van der Waals surface area contributed by atoms with Crippen molar-refractivity contribution in [3.05, 3.63) is 42.3 Å². The lowest BCUT2D eigenvalue weighted by Gasteiger charge is -2.22. The highest BCUT2D eigenvalue weighted by Crippen LogP contribution is 2.23. The molecule has 1 aliphatic heterocycles. The van der Waals surface area contributed by atoms with Gasteiger partial charge in [-0.25, -0.2) is 5.06 Å². The molecular weight excluding hydrogens is 178 g/mol. The van der Waals surface area contributed by atoms with Crippen LogP contribution in [0.15, 0.2) is 30.3 Å². The van der Waals surface area contributed by atoms with Crippen molar-refractivity contribution in [2.45, 2.75) is 13.0 Å². The Morgan fingerprint density at radius 3 is 2.64 bits per heavy atom. The summed E-state index contributed by atoms with van der Waals surface area (Å²) in [7, 11) is 0. The van der Waals surface area contributed by atoms with E-state index in [1.165, 1.54) is 5.06 Å². The van der Waals surface area contributed by atoms with Crippen LogP contribution < -0.4 is 0 Å². The first-order valence-corrected chi connectivity index (χ1v) is 4.63. The first kappa shape index (κ1) is 9.21. The quantitative estimate of drug-likeness (QED) is 0.710. The molecule has 3 heteroatoms. The molecule has 1 amide bonds. The zero-order valence-corrected chi connectivity index (χ0v) is 8.01. The molecule has 1 heterocycles. The fraction of sp³-hybridized carbons (Fsp3) is 0.273. The topological polar surface area (TPSA) is 29.5 Å². The van der Waals surface area contributed by atoms with E-state index in [4.69, 9.17) is 4.84 Å². The maximum atomic E-state index is 11.3. The summed E-state index contributed by atoms with van der Waals surface area (Å²) in [4.78, 5) is 16.5. The molecule has 0 N–H and O–H groups in total. The Hall–Kier alpha value is -1.35. The van der Waals surface area contributed by atoms with Crippen LogP contribution in [0.5, 0.6) is 0 Å². The zero-order chi connectivity index (χ0) is 9.97. The van der Waals surface area contributed by atoms with E-state index in [-0.39, 0.29) is 11.9 Å². The number of rotatable bonds is 2. The molecule has 1 unspecified atom stereocenters. The predicted molar refractivity (Wildman–Crippen MR) is 52.0 cm³/mol. The van der Waals surface area contributed by atoms with Gasteiger partial charge < -0.3 is 0 Å². The van der Waals surface area contributed by atoms with Gasteiger partial charge in [0.2, 0.25) is 0 Å². The van der Waals surface area contributed by atoms with E-state index in [9.17, 15) is 4.79 Å². The molecule has 1 aliphatic rings. The third kappa shape index (κ3) is 1.63. The van der Waals surface area contributed by atoms with Crippen LogP contribution in [0.3, 0.4) is 0 Å². The van der Waals surface area contributed by atoms with Crippen LogP contribution in [0.1, 0.15) is 18.5 Å². The smallest absolute Gasteiger partial charge is 0.253 e. The van der Waals surface area contributed by atoms with E-state index in [1.807, 2.05) is 37.3 Å². The monoisotopic (exact) mass is 190 g/mol. The second-order valence-electron chi connectivity index (χ2n) is 3.25. The molecule has 0 spiro atoms. The summed E-state index contributed by atoms with van der Waals surface area (Å²) < 4.78 is 0. The fourth-order valence-electron chi connectivity index (χ4n) is 1.51. The van der Waals surface area contributed by atoms with Crippen LogP contribution in [0.2, 0.25) is 0 Å². The van der Waals surface area contributed by atoms with Crippen LogP contribution in [0.4, 0.5) is 0 Å². The summed E-state index contributed by atoms with van der Waals surface area (Å²) in [6, 6.07) is 9.81. The van der Waals surface area contributed by atoms with Gasteiger partial charge in [-0.15, -0.1) is 0 Å². The van der Waals surface area contributed by atoms with Gasteiger partial charge in [-0.3, -0.25) is 9.63 Å². The lowest BCUT2D eigenvalue weighted by molar-refractivity contribution is -0.172. The molecule has 1 aromatic carbocycles. The second-order valence-corrected chi connectivity index (χ2v) is 3.25. The number of nitrogens with zero attached hydrogens (tertiary/aromatic N) is 1. The lowest BCUT2D eigenvalue weighted by Crippen LogP contribution is -2.26. The molecule has 73 valence electrons. The Labute approximate surface area is 83.2 Å². The molecule has 0 aromatic heterocycles. The zero-order valence-electron chi connectivity index (χ0n) is 8.01. The van der Waals surface area contributed by atoms with Crippen molar-refractivity contribution in [2.24, 2.45) is 0 Å². The Morgan fingerprint density at radius 1 is 1.36 bits per heavy atom. The van der Waals surface area contributed by atoms with Crippen LogP contribution in [-0.2, 0) is 9.63 Å². The highest BCUT2D eigenvalue weighted by Gasteiger charge is 2.27. The highest BCUT2D eigenvalue weighted by molar-refractivity contribution is 5.85. The Bertz CT molecular complexity index is 323. The van der Waals surface area contributed by atoms with Crippen molar-refractivity contribution in [1.82, 2.24) is 5.06 Å². The average molecular weight is 190 g/mol. The van der Waals surface area contributed by atoms with Gasteiger partial charge in [0.15, 0.2) is 0 Å². The molecule has 14 heavy (non-hydrogen) atoms. The molecule has 1 aromatic rings. The minimum absolute atomic E-state index is 0.0255. The maximum absolute atomic E-state index is 11.3. The second kappa shape index (κ2) is 3.80. The lowest BCUT2D eigenvalue weighted by atomic mass is 10.1. The molecule has 1 atom stereocenters. The van der Waals surface area contributed by atoms with Crippen molar-refractivity contribution in [1.29, 1.82) is 0 Å². The Kier molecular flexibility index (Phi) is 2.50. The number of carbonyl (C=O) groups is 1. The molecule has 0 saturated carbocycles. The van der Waals surface area contributed by atoms with Crippen LogP contribution in [-0.4, -0.2) is 17.6 Å². The molecule has 1 fully saturated rings. The van der Waals surface area contributed by atoms with E-state index in [1.54, 1.807) is 6.42 Å².